The Kier molecular flexibility index (Phi) is 3.92. The van der Waals surface area contributed by atoms with E-state index in [4.69, 9.17) is 4.74 Å². The third-order valence-electron chi connectivity index (χ3n) is 4.10. The zero-order valence-corrected chi connectivity index (χ0v) is 12.6. The highest BCUT2D eigenvalue weighted by Gasteiger charge is 2.22. The van der Waals surface area contributed by atoms with Crippen LogP contribution in [0.4, 0.5) is 5.69 Å². The third-order valence-corrected chi connectivity index (χ3v) is 4.10. The third kappa shape index (κ3) is 2.93. The van der Waals surface area contributed by atoms with Crippen LogP contribution in [0.5, 0.6) is 0 Å². The molecule has 112 valence electrons. The number of rotatable bonds is 2. The summed E-state index contributed by atoms with van der Waals surface area (Å²) >= 11 is 0. The van der Waals surface area contributed by atoms with Crippen LogP contribution in [0, 0.1) is 12.8 Å². The van der Waals surface area contributed by atoms with E-state index in [2.05, 4.69) is 40.5 Å². The highest BCUT2D eigenvalue weighted by molar-refractivity contribution is 6.06. The van der Waals surface area contributed by atoms with E-state index in [0.29, 0.717) is 6.42 Å². The highest BCUT2D eigenvalue weighted by Crippen LogP contribution is 2.25. The average Bonchev–Trinajstić information content (AvgIpc) is 2.48. The van der Waals surface area contributed by atoms with E-state index < -0.39 is 0 Å². The number of nitrogens with zero attached hydrogens (tertiary/aromatic N) is 2. The predicted molar refractivity (Wildman–Crippen MR) is 82.7 cm³/mol. The molecule has 3 rings (SSSR count). The molecule has 1 amide bonds. The summed E-state index contributed by atoms with van der Waals surface area (Å²) in [4.78, 5) is 13.7. The molecule has 1 aromatic carbocycles. The van der Waals surface area contributed by atoms with Crippen LogP contribution in [0.25, 0.3) is 0 Å². The molecule has 21 heavy (non-hydrogen) atoms. The van der Waals surface area contributed by atoms with Crippen LogP contribution in [0.2, 0.25) is 0 Å². The summed E-state index contributed by atoms with van der Waals surface area (Å²) in [7, 11) is 0. The minimum absolute atomic E-state index is 0.00657. The minimum atomic E-state index is -0.00657. The normalized spacial score (nSPS) is 22.8. The number of nitrogens with one attached hydrogen (secondary N) is 1. The number of carbonyl (C=O) groups excluding carboxylic acids is 1. The Hall–Kier alpha value is -1.88. The van der Waals surface area contributed by atoms with Crippen LogP contribution in [0.3, 0.4) is 0 Å². The molecule has 0 spiro atoms. The second-order valence-corrected chi connectivity index (χ2v) is 5.74. The lowest BCUT2D eigenvalue weighted by Crippen LogP contribution is -2.36. The molecule has 0 saturated carbocycles. The number of hydrogen-bond acceptors (Lipinski definition) is 4. The van der Waals surface area contributed by atoms with Crippen LogP contribution in [-0.2, 0) is 9.53 Å². The topological polar surface area (TPSA) is 53.9 Å². The van der Waals surface area contributed by atoms with Crippen molar-refractivity contribution in [2.24, 2.45) is 11.0 Å². The molecule has 5 heteroatoms. The highest BCUT2D eigenvalue weighted by atomic mass is 16.5. The fraction of sp³-hybridized carbons (Fsp3) is 0.500. The van der Waals surface area contributed by atoms with Crippen molar-refractivity contribution >= 4 is 17.3 Å². The summed E-state index contributed by atoms with van der Waals surface area (Å²) in [6.07, 6.45) is 0.503. The lowest BCUT2D eigenvalue weighted by atomic mass is 9.93. The Morgan fingerprint density at radius 1 is 1.33 bits per heavy atom. The zero-order valence-electron chi connectivity index (χ0n) is 12.6. The van der Waals surface area contributed by atoms with Gasteiger partial charge in [0.05, 0.1) is 18.9 Å². The summed E-state index contributed by atoms with van der Waals surface area (Å²) in [5.41, 5.74) is 7.14. The number of hydrogen-bond donors (Lipinski definition) is 1. The van der Waals surface area contributed by atoms with Gasteiger partial charge < -0.3 is 9.64 Å². The van der Waals surface area contributed by atoms with Crippen molar-refractivity contribution in [1.29, 1.82) is 0 Å². The van der Waals surface area contributed by atoms with Gasteiger partial charge in [0.1, 0.15) is 0 Å². The molecular weight excluding hydrogens is 266 g/mol. The molecule has 2 aliphatic rings. The van der Waals surface area contributed by atoms with Crippen LogP contribution in [0.15, 0.2) is 23.3 Å². The van der Waals surface area contributed by atoms with Gasteiger partial charge in [0.15, 0.2) is 0 Å². The smallest absolute Gasteiger partial charge is 0.240 e. The number of anilines is 1. The van der Waals surface area contributed by atoms with E-state index in [-0.39, 0.29) is 11.8 Å². The molecule has 0 radical (unpaired) electrons. The lowest BCUT2D eigenvalue weighted by Gasteiger charge is -2.30. The zero-order chi connectivity index (χ0) is 14.8. The quantitative estimate of drug-likeness (QED) is 0.900. The fourth-order valence-corrected chi connectivity index (χ4v) is 2.98. The molecule has 1 saturated heterocycles. The van der Waals surface area contributed by atoms with Gasteiger partial charge in [0, 0.05) is 31.1 Å². The Bertz CT molecular complexity index is 577. The SMILES string of the molecule is Cc1cc(C2=NNC(=O)CC2C)ccc1N1CCOCC1. The number of hydrazone groups is 1. The van der Waals surface area contributed by atoms with Crippen molar-refractivity contribution in [1.82, 2.24) is 5.43 Å². The van der Waals surface area contributed by atoms with Gasteiger partial charge in [-0.2, -0.15) is 5.10 Å². The van der Waals surface area contributed by atoms with Crippen LogP contribution in [0.1, 0.15) is 24.5 Å². The van der Waals surface area contributed by atoms with Gasteiger partial charge in [-0.25, -0.2) is 5.43 Å². The molecule has 0 aliphatic carbocycles. The maximum atomic E-state index is 11.3. The van der Waals surface area contributed by atoms with Gasteiger partial charge in [-0.1, -0.05) is 13.0 Å². The first-order valence-corrected chi connectivity index (χ1v) is 7.45. The lowest BCUT2D eigenvalue weighted by molar-refractivity contribution is -0.121. The number of benzene rings is 1. The molecule has 0 aromatic heterocycles. The second-order valence-electron chi connectivity index (χ2n) is 5.74. The first-order valence-electron chi connectivity index (χ1n) is 7.45. The molecule has 5 nitrogen and oxygen atoms in total. The van der Waals surface area contributed by atoms with E-state index in [1.54, 1.807) is 0 Å². The van der Waals surface area contributed by atoms with Gasteiger partial charge in [0.25, 0.3) is 0 Å². The number of morpholine rings is 1. The van der Waals surface area contributed by atoms with E-state index in [1.165, 1.54) is 11.3 Å². The molecule has 2 aliphatic heterocycles. The second kappa shape index (κ2) is 5.85. The predicted octanol–water partition coefficient (Wildman–Crippen LogP) is 1.69. The Balaban J connectivity index is 1.85. The van der Waals surface area contributed by atoms with E-state index in [0.717, 1.165) is 37.6 Å². The Morgan fingerprint density at radius 2 is 2.10 bits per heavy atom. The van der Waals surface area contributed by atoms with Gasteiger partial charge in [0.2, 0.25) is 5.91 Å². The van der Waals surface area contributed by atoms with Gasteiger partial charge in [-0.15, -0.1) is 0 Å². The van der Waals surface area contributed by atoms with Gasteiger partial charge in [-0.05, 0) is 30.2 Å². The minimum Gasteiger partial charge on any atom is -0.378 e. The van der Waals surface area contributed by atoms with Crippen LogP contribution < -0.4 is 10.3 Å². The Morgan fingerprint density at radius 3 is 2.76 bits per heavy atom. The maximum absolute atomic E-state index is 11.3. The summed E-state index contributed by atoms with van der Waals surface area (Å²) in [5, 5.41) is 4.23. The molecule has 2 heterocycles. The monoisotopic (exact) mass is 287 g/mol. The summed E-state index contributed by atoms with van der Waals surface area (Å²) in [5.74, 6) is 0.153. The number of aryl methyl sites for hydroxylation is 1. The molecule has 1 N–H and O–H groups in total. The van der Waals surface area contributed by atoms with Crippen molar-refractivity contribution in [2.75, 3.05) is 31.2 Å². The van der Waals surface area contributed by atoms with Crippen molar-refractivity contribution in [3.63, 3.8) is 0 Å². The summed E-state index contributed by atoms with van der Waals surface area (Å²) in [6, 6.07) is 6.42. The van der Waals surface area contributed by atoms with Crippen molar-refractivity contribution in [3.05, 3.63) is 29.3 Å². The molecule has 0 bridgehead atoms. The van der Waals surface area contributed by atoms with Gasteiger partial charge >= 0.3 is 0 Å². The molecule has 1 aromatic rings. The molecular formula is C16H21N3O2. The summed E-state index contributed by atoms with van der Waals surface area (Å²) < 4.78 is 5.40. The van der Waals surface area contributed by atoms with Crippen molar-refractivity contribution in [3.8, 4) is 0 Å². The van der Waals surface area contributed by atoms with Crippen LogP contribution in [-0.4, -0.2) is 37.9 Å². The Labute approximate surface area is 125 Å². The maximum Gasteiger partial charge on any atom is 0.240 e. The summed E-state index contributed by atoms with van der Waals surface area (Å²) in [6.45, 7) is 7.62. The average molecular weight is 287 g/mol. The molecule has 1 atom stereocenters. The van der Waals surface area contributed by atoms with Gasteiger partial charge in [-0.3, -0.25) is 4.79 Å². The van der Waals surface area contributed by atoms with Crippen molar-refractivity contribution < 1.29 is 9.53 Å². The van der Waals surface area contributed by atoms with E-state index in [9.17, 15) is 4.79 Å². The fourth-order valence-electron chi connectivity index (χ4n) is 2.98. The number of ether oxygens (including phenoxy) is 1. The van der Waals surface area contributed by atoms with E-state index >= 15 is 0 Å². The molecule has 1 unspecified atom stereocenters. The number of carbonyl (C=O) groups is 1. The number of amides is 1. The molecule has 1 fully saturated rings. The standard InChI is InChI=1S/C16H21N3O2/c1-11-9-13(16-12(2)10-15(20)17-18-16)3-4-14(11)19-5-7-21-8-6-19/h3-4,9,12H,5-8,10H2,1-2H3,(H,17,20). The first kappa shape index (κ1) is 14.1. The van der Waals surface area contributed by atoms with Crippen LogP contribution >= 0.6 is 0 Å². The largest absolute Gasteiger partial charge is 0.378 e. The van der Waals surface area contributed by atoms with E-state index in [1.807, 2.05) is 6.92 Å². The van der Waals surface area contributed by atoms with Crippen molar-refractivity contribution in [2.45, 2.75) is 20.3 Å². The first-order chi connectivity index (χ1) is 10.1.